The monoisotopic (exact) mass is 816 g/mol. The highest BCUT2D eigenvalue weighted by Crippen LogP contribution is 2.43. The molecule has 0 aliphatic rings. The Bertz CT molecular complexity index is 1250. The average molecular weight is 816 g/mol. The summed E-state index contributed by atoms with van der Waals surface area (Å²) in [6.45, 7) is 3.50. The summed E-state index contributed by atoms with van der Waals surface area (Å²) < 4.78 is 32.7. The number of esters is 2. The molecule has 0 amide bonds. The Morgan fingerprint density at radius 3 is 1.44 bits per heavy atom. The second-order valence-corrected chi connectivity index (χ2v) is 15.3. The van der Waals surface area contributed by atoms with Crippen molar-refractivity contribution in [3.05, 3.63) is 97.2 Å². The first-order chi connectivity index (χ1) is 27.8. The molecule has 10 heteroatoms. The molecule has 0 fully saturated rings. The Morgan fingerprint density at radius 1 is 0.544 bits per heavy atom. The Morgan fingerprint density at radius 2 is 0.965 bits per heavy atom. The van der Waals surface area contributed by atoms with Gasteiger partial charge in [0.05, 0.1) is 13.2 Å². The molecule has 0 aromatic heterocycles. The van der Waals surface area contributed by atoms with Crippen LogP contribution in [0.2, 0.25) is 0 Å². The SMILES string of the molecule is CC/C=C\C/C=C\C/C=C\C/C=C\CCCCCCC(=O)O[C@H](COC(=O)CCCCC/C=C\C/C=C\C/C=C\C/C=C\CCCCC)COP(=O)(O)OCCN. The number of hydrogen-bond donors (Lipinski definition) is 2. The number of phosphoric acid groups is 1. The topological polar surface area (TPSA) is 134 Å². The van der Waals surface area contributed by atoms with Gasteiger partial charge in [0.1, 0.15) is 6.61 Å². The van der Waals surface area contributed by atoms with E-state index in [1.54, 1.807) is 0 Å². The number of phosphoric ester groups is 1. The van der Waals surface area contributed by atoms with Gasteiger partial charge in [0, 0.05) is 19.4 Å². The van der Waals surface area contributed by atoms with Crippen LogP contribution >= 0.6 is 7.82 Å². The minimum Gasteiger partial charge on any atom is -0.462 e. The smallest absolute Gasteiger partial charge is 0.462 e. The summed E-state index contributed by atoms with van der Waals surface area (Å²) in [6, 6.07) is 0. The van der Waals surface area contributed by atoms with Crippen LogP contribution in [0.25, 0.3) is 0 Å². The van der Waals surface area contributed by atoms with Crippen molar-refractivity contribution >= 4 is 19.8 Å². The van der Waals surface area contributed by atoms with E-state index >= 15 is 0 Å². The molecule has 3 N–H and O–H groups in total. The van der Waals surface area contributed by atoms with Crippen LogP contribution in [0.1, 0.15) is 155 Å². The molecule has 0 bridgehead atoms. The van der Waals surface area contributed by atoms with Crippen molar-refractivity contribution in [1.29, 1.82) is 0 Å². The number of carbonyl (C=O) groups is 2. The van der Waals surface area contributed by atoms with E-state index in [9.17, 15) is 19.0 Å². The minimum absolute atomic E-state index is 0.0386. The van der Waals surface area contributed by atoms with Gasteiger partial charge in [-0.05, 0) is 96.3 Å². The van der Waals surface area contributed by atoms with Gasteiger partial charge in [-0.1, -0.05) is 143 Å². The fraction of sp³-hybridized carbons (Fsp3) is 0.617. The molecular formula is C47H78NO8P. The zero-order chi connectivity index (χ0) is 41.8. The minimum atomic E-state index is -4.40. The zero-order valence-corrected chi connectivity index (χ0v) is 36.4. The first kappa shape index (κ1) is 53.9. The first-order valence-corrected chi connectivity index (χ1v) is 23.2. The molecule has 0 saturated carbocycles. The Hall–Kier alpha value is -3.07. The summed E-state index contributed by atoms with van der Waals surface area (Å²) in [4.78, 5) is 34.9. The molecule has 0 aromatic carbocycles. The standard InChI is InChI=1S/C47H78NO8P/c1-3-5-7-9-11-13-15-17-19-21-22-24-25-27-29-31-33-35-37-39-46(49)53-43-45(44-55-57(51,52)54-42-41-48)56-47(50)40-38-36-34-32-30-28-26-23-20-18-16-14-12-10-8-6-4-2/h6,8,11-14,17-20,22,24,26-29,45H,3-5,7,9-10,15-16,21,23,25,30-44,48H2,1-2H3,(H,51,52)/b8-6-,13-11-,14-12-,19-17-,20-18-,24-22-,28-26-,29-27-/t45-/m1/s1. The van der Waals surface area contributed by atoms with E-state index < -0.39 is 32.5 Å². The maximum atomic E-state index is 12.6. The third kappa shape index (κ3) is 42.4. The normalized spacial score (nSPS) is 14.2. The van der Waals surface area contributed by atoms with Gasteiger partial charge in [-0.15, -0.1) is 0 Å². The lowest BCUT2D eigenvalue weighted by Gasteiger charge is -2.19. The van der Waals surface area contributed by atoms with Crippen LogP contribution in [0.5, 0.6) is 0 Å². The Labute approximate surface area is 346 Å². The molecule has 0 spiro atoms. The molecule has 1 unspecified atom stereocenters. The van der Waals surface area contributed by atoms with E-state index in [2.05, 4.69) is 111 Å². The predicted octanol–water partition coefficient (Wildman–Crippen LogP) is 12.6. The van der Waals surface area contributed by atoms with Crippen molar-refractivity contribution in [2.75, 3.05) is 26.4 Å². The first-order valence-electron chi connectivity index (χ1n) is 21.7. The highest BCUT2D eigenvalue weighted by atomic mass is 31.2. The van der Waals surface area contributed by atoms with E-state index in [-0.39, 0.29) is 32.6 Å². The van der Waals surface area contributed by atoms with Crippen molar-refractivity contribution in [3.8, 4) is 0 Å². The van der Waals surface area contributed by atoms with Gasteiger partial charge < -0.3 is 20.1 Å². The molecule has 9 nitrogen and oxygen atoms in total. The van der Waals surface area contributed by atoms with Crippen LogP contribution in [-0.4, -0.2) is 49.3 Å². The molecule has 0 aliphatic heterocycles. The molecule has 0 radical (unpaired) electrons. The quantitative estimate of drug-likeness (QED) is 0.0269. The zero-order valence-electron chi connectivity index (χ0n) is 35.5. The molecule has 0 heterocycles. The van der Waals surface area contributed by atoms with E-state index in [4.69, 9.17) is 24.3 Å². The van der Waals surface area contributed by atoms with Crippen LogP contribution in [-0.2, 0) is 32.7 Å². The van der Waals surface area contributed by atoms with Crippen LogP contribution < -0.4 is 5.73 Å². The summed E-state index contributed by atoms with van der Waals surface area (Å²) in [6.07, 6.45) is 54.3. The lowest BCUT2D eigenvalue weighted by molar-refractivity contribution is -0.161. The molecule has 324 valence electrons. The Kier molecular flexibility index (Phi) is 40.2. The van der Waals surface area contributed by atoms with E-state index in [1.165, 1.54) is 25.7 Å². The Balaban J connectivity index is 4.29. The third-order valence-corrected chi connectivity index (χ3v) is 9.44. The van der Waals surface area contributed by atoms with Crippen LogP contribution in [0.3, 0.4) is 0 Å². The van der Waals surface area contributed by atoms with Gasteiger partial charge in [0.15, 0.2) is 6.10 Å². The van der Waals surface area contributed by atoms with Gasteiger partial charge >= 0.3 is 19.8 Å². The van der Waals surface area contributed by atoms with Crippen molar-refractivity contribution in [2.24, 2.45) is 5.73 Å². The number of allylic oxidation sites excluding steroid dienone is 16. The van der Waals surface area contributed by atoms with Gasteiger partial charge in [0.25, 0.3) is 0 Å². The van der Waals surface area contributed by atoms with Gasteiger partial charge in [-0.2, -0.15) is 0 Å². The number of ether oxygens (including phenoxy) is 2. The molecule has 0 saturated heterocycles. The number of hydrogen-bond acceptors (Lipinski definition) is 8. The molecule has 0 rings (SSSR count). The summed E-state index contributed by atoms with van der Waals surface area (Å²) in [7, 11) is -4.40. The third-order valence-electron chi connectivity index (χ3n) is 8.45. The number of unbranched alkanes of at least 4 members (excludes halogenated alkanes) is 10. The van der Waals surface area contributed by atoms with Crippen LogP contribution in [0, 0.1) is 0 Å². The summed E-state index contributed by atoms with van der Waals surface area (Å²) in [5, 5.41) is 0. The second-order valence-electron chi connectivity index (χ2n) is 13.8. The van der Waals surface area contributed by atoms with Crippen LogP contribution in [0.4, 0.5) is 0 Å². The maximum Gasteiger partial charge on any atom is 0.472 e. The van der Waals surface area contributed by atoms with Gasteiger partial charge in [0.2, 0.25) is 0 Å². The highest BCUT2D eigenvalue weighted by Gasteiger charge is 2.25. The van der Waals surface area contributed by atoms with Crippen molar-refractivity contribution in [1.82, 2.24) is 0 Å². The van der Waals surface area contributed by atoms with Crippen molar-refractivity contribution < 1.29 is 37.6 Å². The van der Waals surface area contributed by atoms with Crippen molar-refractivity contribution in [2.45, 2.75) is 161 Å². The largest absolute Gasteiger partial charge is 0.472 e. The van der Waals surface area contributed by atoms with Gasteiger partial charge in [-0.3, -0.25) is 18.6 Å². The van der Waals surface area contributed by atoms with Crippen molar-refractivity contribution in [3.63, 3.8) is 0 Å². The average Bonchev–Trinajstić information content (AvgIpc) is 3.20. The van der Waals surface area contributed by atoms with E-state index in [0.717, 1.165) is 89.9 Å². The number of carbonyl (C=O) groups excluding carboxylic acids is 2. The van der Waals surface area contributed by atoms with Gasteiger partial charge in [-0.25, -0.2) is 4.57 Å². The molecule has 2 atom stereocenters. The lowest BCUT2D eigenvalue weighted by atomic mass is 10.1. The van der Waals surface area contributed by atoms with E-state index in [1.807, 2.05) is 0 Å². The molecule has 0 aliphatic carbocycles. The fourth-order valence-electron chi connectivity index (χ4n) is 5.25. The second kappa shape index (κ2) is 42.5. The number of nitrogens with two attached hydrogens (primary N) is 1. The predicted molar refractivity (Wildman–Crippen MR) is 238 cm³/mol. The molecule has 0 aromatic rings. The van der Waals surface area contributed by atoms with Crippen LogP contribution in [0.15, 0.2) is 97.2 Å². The van der Waals surface area contributed by atoms with E-state index in [0.29, 0.717) is 12.8 Å². The summed E-state index contributed by atoms with van der Waals surface area (Å²) in [5.41, 5.74) is 5.34. The number of rotatable bonds is 39. The highest BCUT2D eigenvalue weighted by molar-refractivity contribution is 7.47. The molecular weight excluding hydrogens is 737 g/mol. The lowest BCUT2D eigenvalue weighted by Crippen LogP contribution is -2.29. The maximum absolute atomic E-state index is 12.6. The summed E-state index contributed by atoms with van der Waals surface area (Å²) >= 11 is 0. The summed E-state index contributed by atoms with van der Waals surface area (Å²) in [5.74, 6) is -0.903. The fourth-order valence-corrected chi connectivity index (χ4v) is 6.02. The molecule has 57 heavy (non-hydrogen) atoms.